The molecule has 0 fully saturated rings. The largest absolute Gasteiger partial charge is 0.459 e. The van der Waals surface area contributed by atoms with Crippen molar-refractivity contribution in [2.24, 2.45) is 0 Å². The molecule has 0 amide bonds. The number of hydrogen-bond acceptors (Lipinski definition) is 3. The highest BCUT2D eigenvalue weighted by Crippen LogP contribution is 2.28. The highest BCUT2D eigenvalue weighted by molar-refractivity contribution is 9.10. The average Bonchev–Trinajstić information content (AvgIpc) is 2.94. The molecule has 0 saturated carbocycles. The van der Waals surface area contributed by atoms with Gasteiger partial charge in [-0.2, -0.15) is 5.10 Å². The lowest BCUT2D eigenvalue weighted by Gasteiger charge is -2.05. The van der Waals surface area contributed by atoms with Crippen molar-refractivity contribution >= 4 is 26.9 Å². The Morgan fingerprint density at radius 3 is 2.71 bits per heavy atom. The Balaban J connectivity index is 2.07. The molecule has 3 aromatic rings. The van der Waals surface area contributed by atoms with Gasteiger partial charge in [-0.25, -0.2) is 0 Å². The summed E-state index contributed by atoms with van der Waals surface area (Å²) in [6, 6.07) is 8.15. The predicted octanol–water partition coefficient (Wildman–Crippen LogP) is 3.78. The molecule has 2 heterocycles. The molecule has 1 N–H and O–H groups in total. The lowest BCUT2D eigenvalue weighted by atomic mass is 10.1. The van der Waals surface area contributed by atoms with Crippen molar-refractivity contribution < 1.29 is 4.42 Å². The Hall–Kier alpha value is -1.59. The van der Waals surface area contributed by atoms with E-state index in [2.05, 4.69) is 39.3 Å². The van der Waals surface area contributed by atoms with Crippen molar-refractivity contribution in [2.45, 2.75) is 26.9 Å². The summed E-state index contributed by atoms with van der Waals surface area (Å²) in [6.45, 7) is 5.49. The molecule has 0 aliphatic heterocycles. The summed E-state index contributed by atoms with van der Waals surface area (Å²) < 4.78 is 9.09. The van der Waals surface area contributed by atoms with E-state index in [0.717, 1.165) is 33.7 Å². The van der Waals surface area contributed by atoms with Gasteiger partial charge in [-0.1, -0.05) is 18.2 Å². The van der Waals surface area contributed by atoms with E-state index in [9.17, 15) is 0 Å². The van der Waals surface area contributed by atoms with Crippen LogP contribution in [0.15, 0.2) is 33.2 Å². The van der Waals surface area contributed by atoms with Crippen LogP contribution in [0.5, 0.6) is 0 Å². The molecule has 0 radical (unpaired) electrons. The SMILES string of the molecule is CNCc1c(Cn2nc(C)c(Br)c2C)oc2ccccc12. The molecule has 0 aliphatic rings. The Morgan fingerprint density at radius 2 is 2.05 bits per heavy atom. The van der Waals surface area contributed by atoms with Gasteiger partial charge >= 0.3 is 0 Å². The summed E-state index contributed by atoms with van der Waals surface area (Å²) >= 11 is 3.57. The molecule has 0 aliphatic carbocycles. The van der Waals surface area contributed by atoms with Gasteiger partial charge in [0, 0.05) is 17.5 Å². The molecule has 1 aromatic carbocycles. The van der Waals surface area contributed by atoms with Crippen molar-refractivity contribution in [3.05, 3.63) is 51.4 Å². The maximum Gasteiger partial charge on any atom is 0.134 e. The topological polar surface area (TPSA) is 43.0 Å². The van der Waals surface area contributed by atoms with Crippen LogP contribution in [0.1, 0.15) is 22.7 Å². The minimum atomic E-state index is 0.643. The molecular formula is C16H18BrN3O. The number of aryl methyl sites for hydroxylation is 1. The summed E-state index contributed by atoms with van der Waals surface area (Å²) in [4.78, 5) is 0. The number of halogens is 1. The van der Waals surface area contributed by atoms with Crippen molar-refractivity contribution in [1.82, 2.24) is 15.1 Å². The van der Waals surface area contributed by atoms with Gasteiger partial charge < -0.3 is 9.73 Å². The third-order valence-electron chi connectivity index (χ3n) is 3.72. The highest BCUT2D eigenvalue weighted by atomic mass is 79.9. The van der Waals surface area contributed by atoms with E-state index in [4.69, 9.17) is 4.42 Å². The zero-order chi connectivity index (χ0) is 15.0. The Bertz CT molecular complexity index is 788. The van der Waals surface area contributed by atoms with Crippen molar-refractivity contribution in [2.75, 3.05) is 7.05 Å². The third kappa shape index (κ3) is 2.51. The number of furan rings is 1. The molecule has 0 atom stereocenters. The van der Waals surface area contributed by atoms with Gasteiger partial charge in [-0.15, -0.1) is 0 Å². The lowest BCUT2D eigenvalue weighted by molar-refractivity contribution is 0.496. The Morgan fingerprint density at radius 1 is 1.29 bits per heavy atom. The molecule has 2 aromatic heterocycles. The summed E-state index contributed by atoms with van der Waals surface area (Å²) in [7, 11) is 1.95. The number of nitrogens with one attached hydrogen (secondary N) is 1. The van der Waals surface area contributed by atoms with Crippen molar-refractivity contribution in [3.8, 4) is 0 Å². The van der Waals surface area contributed by atoms with Gasteiger partial charge in [0.25, 0.3) is 0 Å². The molecule has 5 heteroatoms. The minimum Gasteiger partial charge on any atom is -0.459 e. The first kappa shape index (κ1) is 14.4. The van der Waals surface area contributed by atoms with Crippen LogP contribution in [0.4, 0.5) is 0 Å². The maximum atomic E-state index is 6.04. The molecule has 0 saturated heterocycles. The predicted molar refractivity (Wildman–Crippen MR) is 87.5 cm³/mol. The smallest absolute Gasteiger partial charge is 0.134 e. The second kappa shape index (κ2) is 5.66. The maximum absolute atomic E-state index is 6.04. The average molecular weight is 348 g/mol. The first-order valence-corrected chi connectivity index (χ1v) is 7.74. The van der Waals surface area contributed by atoms with E-state index in [1.54, 1.807) is 0 Å². The number of hydrogen-bond donors (Lipinski definition) is 1. The van der Waals surface area contributed by atoms with Crippen molar-refractivity contribution in [3.63, 3.8) is 0 Å². The highest BCUT2D eigenvalue weighted by Gasteiger charge is 2.16. The molecule has 0 unspecified atom stereocenters. The fraction of sp³-hybridized carbons (Fsp3) is 0.312. The molecule has 4 nitrogen and oxygen atoms in total. The van der Waals surface area contributed by atoms with Gasteiger partial charge in [-0.05, 0) is 42.9 Å². The number of para-hydroxylation sites is 1. The van der Waals surface area contributed by atoms with E-state index in [1.165, 1.54) is 10.9 Å². The quantitative estimate of drug-likeness (QED) is 0.780. The zero-order valence-electron chi connectivity index (χ0n) is 12.4. The van der Waals surface area contributed by atoms with Crippen molar-refractivity contribution in [1.29, 1.82) is 0 Å². The standard InChI is InChI=1S/C16H18BrN3O/c1-10-16(17)11(2)20(19-10)9-15-13(8-18-3)12-6-4-5-7-14(12)21-15/h4-7,18H,8-9H2,1-3H3. The van der Waals surface area contributed by atoms with Gasteiger partial charge in [0.1, 0.15) is 11.3 Å². The minimum absolute atomic E-state index is 0.643. The van der Waals surface area contributed by atoms with Gasteiger partial charge in [-0.3, -0.25) is 4.68 Å². The molecule has 110 valence electrons. The van der Waals surface area contributed by atoms with Crippen LogP contribution in [-0.4, -0.2) is 16.8 Å². The fourth-order valence-electron chi connectivity index (χ4n) is 2.61. The van der Waals surface area contributed by atoms with Crippen LogP contribution >= 0.6 is 15.9 Å². The monoisotopic (exact) mass is 347 g/mol. The lowest BCUT2D eigenvalue weighted by Crippen LogP contribution is -2.10. The van der Waals surface area contributed by atoms with Crippen LogP contribution in [0.2, 0.25) is 0 Å². The van der Waals surface area contributed by atoms with Crippen LogP contribution in [-0.2, 0) is 13.1 Å². The first-order valence-electron chi connectivity index (χ1n) is 6.95. The number of nitrogens with zero attached hydrogens (tertiary/aromatic N) is 2. The summed E-state index contributed by atoms with van der Waals surface area (Å²) in [5.41, 5.74) is 4.25. The summed E-state index contributed by atoms with van der Waals surface area (Å²) in [5.74, 6) is 0.962. The molecule has 3 rings (SSSR count). The fourth-order valence-corrected chi connectivity index (χ4v) is 2.90. The third-order valence-corrected chi connectivity index (χ3v) is 4.87. The van der Waals surface area contributed by atoms with Gasteiger partial charge in [0.05, 0.1) is 22.4 Å². The van der Waals surface area contributed by atoms with E-state index in [1.807, 2.05) is 36.9 Å². The molecule has 0 bridgehead atoms. The van der Waals surface area contributed by atoms with Gasteiger partial charge in [0.2, 0.25) is 0 Å². The number of benzene rings is 1. The van der Waals surface area contributed by atoms with E-state index < -0.39 is 0 Å². The summed E-state index contributed by atoms with van der Waals surface area (Å²) in [5, 5.41) is 8.96. The summed E-state index contributed by atoms with van der Waals surface area (Å²) in [6.07, 6.45) is 0. The second-order valence-electron chi connectivity index (χ2n) is 5.17. The zero-order valence-corrected chi connectivity index (χ0v) is 14.0. The normalized spacial score (nSPS) is 11.4. The van der Waals surface area contributed by atoms with Crippen LogP contribution in [0.3, 0.4) is 0 Å². The number of rotatable bonds is 4. The molecule has 21 heavy (non-hydrogen) atoms. The van der Waals surface area contributed by atoms with Gasteiger partial charge in [0.15, 0.2) is 0 Å². The number of fused-ring (bicyclic) bond motifs is 1. The Labute approximate surface area is 132 Å². The molecule has 0 spiro atoms. The van der Waals surface area contributed by atoms with Crippen LogP contribution < -0.4 is 5.32 Å². The van der Waals surface area contributed by atoms with E-state index >= 15 is 0 Å². The first-order chi connectivity index (χ1) is 10.1. The second-order valence-corrected chi connectivity index (χ2v) is 5.97. The van der Waals surface area contributed by atoms with E-state index in [0.29, 0.717) is 6.54 Å². The molecular weight excluding hydrogens is 330 g/mol. The van der Waals surface area contributed by atoms with E-state index in [-0.39, 0.29) is 0 Å². The number of aromatic nitrogens is 2. The Kier molecular flexibility index (Phi) is 3.87. The van der Waals surface area contributed by atoms with Crippen LogP contribution in [0.25, 0.3) is 11.0 Å². The van der Waals surface area contributed by atoms with Crippen LogP contribution in [0, 0.1) is 13.8 Å².